The molecule has 1 aromatic carbocycles. The molecule has 96 valence electrons. The Morgan fingerprint density at radius 3 is 2.78 bits per heavy atom. The van der Waals surface area contributed by atoms with Crippen LogP contribution in [0.5, 0.6) is 0 Å². The molecular weight excluding hydrogens is 246 g/mol. The fourth-order valence-electron chi connectivity index (χ4n) is 2.43. The number of aliphatic hydroxyl groups is 1. The molecule has 1 aromatic heterocycles. The number of morpholine rings is 1. The van der Waals surface area contributed by atoms with Gasteiger partial charge in [0.15, 0.2) is 0 Å². The number of thiophene rings is 1. The Bertz CT molecular complexity index is 532. The van der Waals surface area contributed by atoms with Gasteiger partial charge in [0.2, 0.25) is 0 Å². The molecule has 3 rings (SSSR count). The van der Waals surface area contributed by atoms with Crippen LogP contribution in [-0.2, 0) is 17.9 Å². The molecule has 2 heterocycles. The van der Waals surface area contributed by atoms with Crippen LogP contribution in [0.15, 0.2) is 24.3 Å². The van der Waals surface area contributed by atoms with Crippen LogP contribution in [0.25, 0.3) is 10.1 Å². The first-order chi connectivity index (χ1) is 8.88. The zero-order valence-corrected chi connectivity index (χ0v) is 11.1. The normalized spacial score (nSPS) is 17.4. The van der Waals surface area contributed by atoms with E-state index in [1.807, 2.05) is 0 Å². The van der Waals surface area contributed by atoms with Gasteiger partial charge < -0.3 is 9.84 Å². The van der Waals surface area contributed by atoms with Gasteiger partial charge in [0.25, 0.3) is 0 Å². The Morgan fingerprint density at radius 2 is 2.00 bits per heavy atom. The topological polar surface area (TPSA) is 32.7 Å². The molecule has 0 spiro atoms. The Kier molecular flexibility index (Phi) is 3.61. The zero-order valence-electron chi connectivity index (χ0n) is 10.3. The molecule has 2 aromatic rings. The number of aliphatic hydroxyl groups excluding tert-OH is 1. The smallest absolute Gasteiger partial charge is 0.0778 e. The minimum atomic E-state index is 0.138. The molecule has 1 aliphatic heterocycles. The van der Waals surface area contributed by atoms with Gasteiger partial charge >= 0.3 is 0 Å². The second kappa shape index (κ2) is 5.36. The van der Waals surface area contributed by atoms with E-state index in [0.717, 1.165) is 37.7 Å². The molecule has 0 saturated carbocycles. The lowest BCUT2D eigenvalue weighted by Crippen LogP contribution is -2.35. The van der Waals surface area contributed by atoms with E-state index >= 15 is 0 Å². The van der Waals surface area contributed by atoms with Crippen molar-refractivity contribution in [1.29, 1.82) is 0 Å². The van der Waals surface area contributed by atoms with Crippen molar-refractivity contribution in [1.82, 2.24) is 4.90 Å². The second-order valence-corrected chi connectivity index (χ2v) is 5.68. The molecule has 0 amide bonds. The minimum absolute atomic E-state index is 0.138. The Hall–Kier alpha value is -0.940. The summed E-state index contributed by atoms with van der Waals surface area (Å²) < 4.78 is 6.64. The van der Waals surface area contributed by atoms with Crippen LogP contribution in [-0.4, -0.2) is 36.3 Å². The average molecular weight is 263 g/mol. The van der Waals surface area contributed by atoms with E-state index < -0.39 is 0 Å². The number of nitrogens with zero attached hydrogens (tertiary/aromatic N) is 1. The summed E-state index contributed by atoms with van der Waals surface area (Å²) in [6, 6.07) is 8.40. The maximum absolute atomic E-state index is 9.52. The maximum atomic E-state index is 9.52. The lowest BCUT2D eigenvalue weighted by molar-refractivity contribution is 0.0342. The van der Waals surface area contributed by atoms with Crippen LogP contribution in [0.4, 0.5) is 0 Å². The molecule has 0 bridgehead atoms. The van der Waals surface area contributed by atoms with Crippen molar-refractivity contribution in [3.05, 3.63) is 34.7 Å². The first kappa shape index (κ1) is 12.1. The third-order valence-electron chi connectivity index (χ3n) is 3.41. The summed E-state index contributed by atoms with van der Waals surface area (Å²) in [5.74, 6) is 0. The molecule has 3 nitrogen and oxygen atoms in total. The third kappa shape index (κ3) is 2.29. The molecule has 0 radical (unpaired) electrons. The maximum Gasteiger partial charge on any atom is 0.0778 e. The zero-order chi connectivity index (χ0) is 12.4. The Morgan fingerprint density at radius 1 is 1.22 bits per heavy atom. The van der Waals surface area contributed by atoms with Gasteiger partial charge in [0.1, 0.15) is 0 Å². The molecule has 4 heteroatoms. The van der Waals surface area contributed by atoms with Crippen molar-refractivity contribution in [3.8, 4) is 0 Å². The van der Waals surface area contributed by atoms with Crippen LogP contribution >= 0.6 is 11.3 Å². The Balaban J connectivity index is 1.93. The molecule has 0 atom stereocenters. The SMILES string of the molecule is OCc1sc2ccccc2c1CN1CCOCC1. The fraction of sp³-hybridized carbons (Fsp3) is 0.429. The van der Waals surface area contributed by atoms with Crippen LogP contribution in [0.2, 0.25) is 0 Å². The van der Waals surface area contributed by atoms with Crippen LogP contribution < -0.4 is 0 Å². The monoisotopic (exact) mass is 263 g/mol. The average Bonchev–Trinajstić information content (AvgIpc) is 2.78. The first-order valence-electron chi connectivity index (χ1n) is 6.28. The van der Waals surface area contributed by atoms with E-state index in [-0.39, 0.29) is 6.61 Å². The Labute approximate surface area is 111 Å². The van der Waals surface area contributed by atoms with Crippen LogP contribution in [0.3, 0.4) is 0 Å². The van der Waals surface area contributed by atoms with E-state index in [9.17, 15) is 5.11 Å². The minimum Gasteiger partial charge on any atom is -0.391 e. The van der Waals surface area contributed by atoms with Gasteiger partial charge in [-0.05, 0) is 17.0 Å². The predicted octanol–water partition coefficient (Wildman–Crippen LogP) is 2.23. The fourth-order valence-corrected chi connectivity index (χ4v) is 3.51. The lowest BCUT2D eigenvalue weighted by Gasteiger charge is -2.26. The van der Waals surface area contributed by atoms with Crippen molar-refractivity contribution in [2.75, 3.05) is 26.3 Å². The second-order valence-electron chi connectivity index (χ2n) is 4.55. The standard InChI is InChI=1S/C14H17NO2S/c16-10-14-12(9-15-5-7-17-8-6-15)11-3-1-2-4-13(11)18-14/h1-4,16H,5-10H2. The summed E-state index contributed by atoms with van der Waals surface area (Å²) in [7, 11) is 0. The quantitative estimate of drug-likeness (QED) is 0.921. The molecular formula is C14H17NO2S. The highest BCUT2D eigenvalue weighted by Gasteiger charge is 2.16. The van der Waals surface area contributed by atoms with Crippen molar-refractivity contribution in [2.45, 2.75) is 13.2 Å². The largest absolute Gasteiger partial charge is 0.391 e. The molecule has 1 N–H and O–H groups in total. The summed E-state index contributed by atoms with van der Waals surface area (Å²) in [6.07, 6.45) is 0. The van der Waals surface area contributed by atoms with Gasteiger partial charge in [-0.3, -0.25) is 4.90 Å². The highest BCUT2D eigenvalue weighted by molar-refractivity contribution is 7.19. The van der Waals surface area contributed by atoms with E-state index in [1.54, 1.807) is 11.3 Å². The van der Waals surface area contributed by atoms with Crippen molar-refractivity contribution in [3.63, 3.8) is 0 Å². The van der Waals surface area contributed by atoms with Crippen LogP contribution in [0, 0.1) is 0 Å². The van der Waals surface area contributed by atoms with E-state index in [0.29, 0.717) is 0 Å². The van der Waals surface area contributed by atoms with E-state index in [1.165, 1.54) is 15.6 Å². The summed E-state index contributed by atoms with van der Waals surface area (Å²) >= 11 is 1.70. The summed E-state index contributed by atoms with van der Waals surface area (Å²) in [5, 5.41) is 10.8. The number of fused-ring (bicyclic) bond motifs is 1. The van der Waals surface area contributed by atoms with E-state index in [2.05, 4.69) is 29.2 Å². The number of hydrogen-bond donors (Lipinski definition) is 1. The van der Waals surface area contributed by atoms with Gasteiger partial charge in [-0.25, -0.2) is 0 Å². The first-order valence-corrected chi connectivity index (χ1v) is 7.10. The number of benzene rings is 1. The van der Waals surface area contributed by atoms with Gasteiger partial charge in [0, 0.05) is 29.2 Å². The van der Waals surface area contributed by atoms with Gasteiger partial charge in [0.05, 0.1) is 19.8 Å². The van der Waals surface area contributed by atoms with Crippen molar-refractivity contribution in [2.24, 2.45) is 0 Å². The highest BCUT2D eigenvalue weighted by atomic mass is 32.1. The third-order valence-corrected chi connectivity index (χ3v) is 4.61. The number of ether oxygens (including phenoxy) is 1. The van der Waals surface area contributed by atoms with Gasteiger partial charge in [-0.2, -0.15) is 0 Å². The summed E-state index contributed by atoms with van der Waals surface area (Å²) in [4.78, 5) is 3.50. The predicted molar refractivity (Wildman–Crippen MR) is 73.8 cm³/mol. The van der Waals surface area contributed by atoms with Crippen molar-refractivity contribution >= 4 is 21.4 Å². The number of rotatable bonds is 3. The highest BCUT2D eigenvalue weighted by Crippen LogP contribution is 2.32. The molecule has 1 saturated heterocycles. The molecule has 0 aliphatic carbocycles. The van der Waals surface area contributed by atoms with Crippen molar-refractivity contribution < 1.29 is 9.84 Å². The van der Waals surface area contributed by atoms with Crippen LogP contribution in [0.1, 0.15) is 10.4 Å². The molecule has 1 aliphatic rings. The summed E-state index contributed by atoms with van der Waals surface area (Å²) in [6.45, 7) is 4.65. The number of hydrogen-bond acceptors (Lipinski definition) is 4. The molecule has 1 fully saturated rings. The van der Waals surface area contributed by atoms with Gasteiger partial charge in [-0.15, -0.1) is 11.3 Å². The van der Waals surface area contributed by atoms with E-state index in [4.69, 9.17) is 4.74 Å². The lowest BCUT2D eigenvalue weighted by atomic mass is 10.1. The summed E-state index contributed by atoms with van der Waals surface area (Å²) in [5.41, 5.74) is 1.29. The molecule has 0 unspecified atom stereocenters. The molecule has 18 heavy (non-hydrogen) atoms. The van der Waals surface area contributed by atoms with Gasteiger partial charge in [-0.1, -0.05) is 18.2 Å².